The van der Waals surface area contributed by atoms with E-state index in [9.17, 15) is 4.57 Å². The Morgan fingerprint density at radius 1 is 1.23 bits per heavy atom. The molecule has 0 aliphatic carbocycles. The molecule has 80 valence electrons. The first-order valence-corrected chi connectivity index (χ1v) is 6.07. The molecule has 0 bridgehead atoms. The fraction of sp³-hybridized carbons (Fsp3) is 1.00. The molecule has 2 N–H and O–H groups in total. The second kappa shape index (κ2) is 6.51. The maximum atomic E-state index is 10.5. The Bertz CT molecular complexity index is 160. The van der Waals surface area contributed by atoms with Crippen LogP contribution < -0.4 is 0 Å². The van der Waals surface area contributed by atoms with Gasteiger partial charge in [0.05, 0.1) is 6.16 Å². The van der Waals surface area contributed by atoms with Crippen LogP contribution in [0.2, 0.25) is 0 Å². The molecule has 0 heterocycles. The predicted octanol–water partition coefficient (Wildman–Crippen LogP) is 0.953. The number of rotatable bonds is 7. The van der Waals surface area contributed by atoms with Crippen molar-refractivity contribution in [3.05, 3.63) is 0 Å². The lowest BCUT2D eigenvalue weighted by Crippen LogP contribution is -2.18. The maximum Gasteiger partial charge on any atom is 0.325 e. The fourth-order valence-corrected chi connectivity index (χ4v) is 1.41. The van der Waals surface area contributed by atoms with Crippen molar-refractivity contribution in [1.82, 2.24) is 0 Å². The molecule has 0 saturated carbocycles. The molecule has 0 radical (unpaired) electrons. The van der Waals surface area contributed by atoms with Crippen LogP contribution in [0.3, 0.4) is 0 Å². The molecule has 0 spiro atoms. The Kier molecular flexibility index (Phi) is 6.55. The lowest BCUT2D eigenvalue weighted by Gasteiger charge is -2.16. The molecule has 0 aromatic carbocycles. The Morgan fingerprint density at radius 3 is 2.00 bits per heavy atom. The van der Waals surface area contributed by atoms with Gasteiger partial charge in [0, 0.05) is 19.6 Å². The van der Waals surface area contributed by atoms with Gasteiger partial charge in [-0.1, -0.05) is 0 Å². The number of hydrogen-bond donors (Lipinski definition) is 2. The predicted molar refractivity (Wildman–Crippen MR) is 48.6 cm³/mol. The monoisotopic (exact) mass is 212 g/mol. The third kappa shape index (κ3) is 8.40. The number of ether oxygens (including phenoxy) is 2. The van der Waals surface area contributed by atoms with Crippen molar-refractivity contribution < 1.29 is 23.8 Å². The zero-order valence-electron chi connectivity index (χ0n) is 7.97. The van der Waals surface area contributed by atoms with Crippen molar-refractivity contribution in [3.8, 4) is 0 Å². The van der Waals surface area contributed by atoms with Crippen LogP contribution in [0.5, 0.6) is 0 Å². The SMILES string of the molecule is CCOC(CCP(=O)(O)O)OCC. The molecule has 5 nitrogen and oxygen atoms in total. The van der Waals surface area contributed by atoms with Crippen LogP contribution >= 0.6 is 7.60 Å². The minimum Gasteiger partial charge on any atom is -0.353 e. The number of hydrogen-bond acceptors (Lipinski definition) is 3. The van der Waals surface area contributed by atoms with Crippen LogP contribution in [0, 0.1) is 0 Å². The zero-order chi connectivity index (χ0) is 10.3. The normalized spacial score (nSPS) is 12.4. The molecule has 0 unspecified atom stereocenters. The van der Waals surface area contributed by atoms with E-state index in [0.29, 0.717) is 13.2 Å². The molecule has 0 atom stereocenters. The maximum absolute atomic E-state index is 10.5. The molecule has 0 aromatic rings. The Morgan fingerprint density at radius 2 is 1.69 bits per heavy atom. The van der Waals surface area contributed by atoms with Gasteiger partial charge in [0.25, 0.3) is 0 Å². The standard InChI is InChI=1S/C7H17O5P/c1-3-11-7(12-4-2)5-6-13(8,9)10/h7H,3-6H2,1-2H3,(H2,8,9,10). The summed E-state index contributed by atoms with van der Waals surface area (Å²) in [6, 6.07) is 0. The van der Waals surface area contributed by atoms with Gasteiger partial charge in [-0.3, -0.25) is 4.57 Å². The van der Waals surface area contributed by atoms with Gasteiger partial charge >= 0.3 is 7.60 Å². The Balaban J connectivity index is 3.74. The lowest BCUT2D eigenvalue weighted by atomic mass is 10.5. The molecule has 0 aliphatic heterocycles. The van der Waals surface area contributed by atoms with Crippen molar-refractivity contribution in [2.45, 2.75) is 26.6 Å². The van der Waals surface area contributed by atoms with Crippen molar-refractivity contribution >= 4 is 7.60 Å². The van der Waals surface area contributed by atoms with Gasteiger partial charge in [0.1, 0.15) is 0 Å². The first-order chi connectivity index (χ1) is 5.99. The average molecular weight is 212 g/mol. The smallest absolute Gasteiger partial charge is 0.325 e. The summed E-state index contributed by atoms with van der Waals surface area (Å²) in [6.45, 7) is 4.57. The first kappa shape index (κ1) is 13.1. The van der Waals surface area contributed by atoms with E-state index in [1.807, 2.05) is 13.8 Å². The van der Waals surface area contributed by atoms with Gasteiger partial charge < -0.3 is 19.3 Å². The summed E-state index contributed by atoms with van der Waals surface area (Å²) in [6.07, 6.45) is -0.466. The highest BCUT2D eigenvalue weighted by atomic mass is 31.2. The Labute approximate surface area is 78.2 Å². The topological polar surface area (TPSA) is 76.0 Å². The molecule has 0 aromatic heterocycles. The van der Waals surface area contributed by atoms with Crippen LogP contribution in [-0.2, 0) is 14.0 Å². The van der Waals surface area contributed by atoms with E-state index in [1.54, 1.807) is 0 Å². The quantitative estimate of drug-likeness (QED) is 0.485. The molecular formula is C7H17O5P. The van der Waals surface area contributed by atoms with Gasteiger partial charge in [-0.25, -0.2) is 0 Å². The third-order valence-corrected chi connectivity index (χ3v) is 2.20. The zero-order valence-corrected chi connectivity index (χ0v) is 8.87. The Hall–Kier alpha value is 0.0700. The van der Waals surface area contributed by atoms with E-state index < -0.39 is 13.9 Å². The van der Waals surface area contributed by atoms with E-state index in [4.69, 9.17) is 19.3 Å². The van der Waals surface area contributed by atoms with Gasteiger partial charge in [0.15, 0.2) is 6.29 Å². The van der Waals surface area contributed by atoms with Gasteiger partial charge in [-0.2, -0.15) is 0 Å². The molecule has 0 amide bonds. The van der Waals surface area contributed by atoms with Crippen molar-refractivity contribution in [1.29, 1.82) is 0 Å². The van der Waals surface area contributed by atoms with Crippen LogP contribution in [0.25, 0.3) is 0 Å². The lowest BCUT2D eigenvalue weighted by molar-refractivity contribution is -0.136. The summed E-state index contributed by atoms with van der Waals surface area (Å²) in [5.41, 5.74) is 0. The molecular weight excluding hydrogens is 195 g/mol. The van der Waals surface area contributed by atoms with E-state index in [0.717, 1.165) is 0 Å². The van der Waals surface area contributed by atoms with Gasteiger partial charge in [0.2, 0.25) is 0 Å². The van der Waals surface area contributed by atoms with Gasteiger partial charge in [-0.15, -0.1) is 0 Å². The van der Waals surface area contributed by atoms with Crippen LogP contribution in [0.4, 0.5) is 0 Å². The summed E-state index contributed by atoms with van der Waals surface area (Å²) in [4.78, 5) is 17.2. The summed E-state index contributed by atoms with van der Waals surface area (Å²) >= 11 is 0. The largest absolute Gasteiger partial charge is 0.353 e. The summed E-state index contributed by atoms with van der Waals surface area (Å²) in [5, 5.41) is 0. The highest BCUT2D eigenvalue weighted by Crippen LogP contribution is 2.35. The van der Waals surface area contributed by atoms with Crippen LogP contribution in [-0.4, -0.2) is 35.5 Å². The van der Waals surface area contributed by atoms with Crippen LogP contribution in [0.15, 0.2) is 0 Å². The van der Waals surface area contributed by atoms with Crippen molar-refractivity contribution in [2.24, 2.45) is 0 Å². The molecule has 13 heavy (non-hydrogen) atoms. The highest BCUT2D eigenvalue weighted by molar-refractivity contribution is 7.51. The van der Waals surface area contributed by atoms with E-state index >= 15 is 0 Å². The minimum absolute atomic E-state index is 0.197. The highest BCUT2D eigenvalue weighted by Gasteiger charge is 2.17. The van der Waals surface area contributed by atoms with E-state index in [1.165, 1.54) is 0 Å². The molecule has 0 fully saturated rings. The average Bonchev–Trinajstić information content (AvgIpc) is 2.00. The first-order valence-electron chi connectivity index (χ1n) is 4.27. The molecule has 0 aliphatic rings. The molecule has 0 saturated heterocycles. The van der Waals surface area contributed by atoms with E-state index in [-0.39, 0.29) is 12.6 Å². The third-order valence-electron chi connectivity index (χ3n) is 1.36. The van der Waals surface area contributed by atoms with Crippen molar-refractivity contribution in [3.63, 3.8) is 0 Å². The molecule has 6 heteroatoms. The summed E-state index contributed by atoms with van der Waals surface area (Å²) < 4.78 is 20.8. The summed E-state index contributed by atoms with van der Waals surface area (Å²) in [7, 11) is -3.93. The molecule has 0 rings (SSSR count). The minimum atomic E-state index is -3.93. The fourth-order valence-electron chi connectivity index (χ4n) is 0.860. The van der Waals surface area contributed by atoms with Crippen LogP contribution in [0.1, 0.15) is 20.3 Å². The summed E-state index contributed by atoms with van der Waals surface area (Å²) in [5.74, 6) is 0. The van der Waals surface area contributed by atoms with Gasteiger partial charge in [-0.05, 0) is 13.8 Å². The second-order valence-electron chi connectivity index (χ2n) is 2.52. The second-order valence-corrected chi connectivity index (χ2v) is 4.29. The van der Waals surface area contributed by atoms with E-state index in [2.05, 4.69) is 0 Å². The van der Waals surface area contributed by atoms with Crippen molar-refractivity contribution in [2.75, 3.05) is 19.4 Å².